The first-order valence-corrected chi connectivity index (χ1v) is 5.00. The standard InChI is InChI=1S/C10H21NO/c1-4-6-8-9(3)11-10(12)7-5-2/h9H,4-8H2,1-3H3,(H,11,12). The van der Waals surface area contributed by atoms with Crippen LogP contribution in [0, 0.1) is 0 Å². The molecule has 0 spiro atoms. The van der Waals surface area contributed by atoms with E-state index in [0.29, 0.717) is 12.5 Å². The summed E-state index contributed by atoms with van der Waals surface area (Å²) >= 11 is 0. The van der Waals surface area contributed by atoms with Gasteiger partial charge in [0.2, 0.25) is 5.91 Å². The molecule has 1 amide bonds. The number of amides is 1. The van der Waals surface area contributed by atoms with E-state index in [0.717, 1.165) is 12.8 Å². The van der Waals surface area contributed by atoms with Crippen LogP contribution in [0.5, 0.6) is 0 Å². The van der Waals surface area contributed by atoms with Crippen molar-refractivity contribution >= 4 is 5.91 Å². The van der Waals surface area contributed by atoms with Crippen LogP contribution in [-0.4, -0.2) is 11.9 Å². The number of rotatable bonds is 6. The molecule has 12 heavy (non-hydrogen) atoms. The third-order valence-corrected chi connectivity index (χ3v) is 1.88. The molecule has 0 radical (unpaired) electrons. The van der Waals surface area contributed by atoms with Crippen molar-refractivity contribution in [1.29, 1.82) is 0 Å². The van der Waals surface area contributed by atoms with Crippen LogP contribution < -0.4 is 5.32 Å². The van der Waals surface area contributed by atoms with E-state index in [-0.39, 0.29) is 5.91 Å². The lowest BCUT2D eigenvalue weighted by molar-refractivity contribution is -0.121. The molecule has 0 heterocycles. The monoisotopic (exact) mass is 171 g/mol. The van der Waals surface area contributed by atoms with Gasteiger partial charge in [0.15, 0.2) is 0 Å². The van der Waals surface area contributed by atoms with Crippen LogP contribution in [0.25, 0.3) is 0 Å². The minimum absolute atomic E-state index is 0.195. The molecule has 0 aromatic carbocycles. The van der Waals surface area contributed by atoms with Crippen molar-refractivity contribution in [3.05, 3.63) is 0 Å². The topological polar surface area (TPSA) is 29.1 Å². The van der Waals surface area contributed by atoms with Crippen molar-refractivity contribution in [3.63, 3.8) is 0 Å². The van der Waals surface area contributed by atoms with Crippen LogP contribution in [0.3, 0.4) is 0 Å². The molecule has 0 aromatic rings. The number of hydrogen-bond acceptors (Lipinski definition) is 1. The highest BCUT2D eigenvalue weighted by Gasteiger charge is 2.04. The predicted octanol–water partition coefficient (Wildman–Crippen LogP) is 2.48. The minimum Gasteiger partial charge on any atom is -0.354 e. The molecule has 0 saturated heterocycles. The zero-order valence-electron chi connectivity index (χ0n) is 8.52. The quantitative estimate of drug-likeness (QED) is 0.653. The van der Waals surface area contributed by atoms with Crippen molar-refractivity contribution < 1.29 is 4.79 Å². The number of hydrogen-bond donors (Lipinski definition) is 1. The maximum Gasteiger partial charge on any atom is 0.220 e. The second-order valence-corrected chi connectivity index (χ2v) is 3.36. The van der Waals surface area contributed by atoms with Gasteiger partial charge in [-0.15, -0.1) is 0 Å². The van der Waals surface area contributed by atoms with Gasteiger partial charge in [-0.3, -0.25) is 4.79 Å². The van der Waals surface area contributed by atoms with E-state index in [2.05, 4.69) is 19.2 Å². The van der Waals surface area contributed by atoms with Crippen LogP contribution in [0.1, 0.15) is 52.9 Å². The van der Waals surface area contributed by atoms with Crippen molar-refractivity contribution in [2.24, 2.45) is 0 Å². The molecule has 0 aliphatic heterocycles. The van der Waals surface area contributed by atoms with Crippen molar-refractivity contribution in [2.75, 3.05) is 0 Å². The normalized spacial score (nSPS) is 12.6. The first kappa shape index (κ1) is 11.5. The zero-order valence-corrected chi connectivity index (χ0v) is 8.52. The van der Waals surface area contributed by atoms with Gasteiger partial charge >= 0.3 is 0 Å². The van der Waals surface area contributed by atoms with Crippen molar-refractivity contribution in [3.8, 4) is 0 Å². The summed E-state index contributed by atoms with van der Waals surface area (Å²) in [6.07, 6.45) is 5.11. The lowest BCUT2D eigenvalue weighted by Crippen LogP contribution is -2.32. The molecule has 0 aliphatic carbocycles. The Labute approximate surface area is 75.7 Å². The summed E-state index contributed by atoms with van der Waals surface area (Å²) in [5, 5.41) is 2.98. The predicted molar refractivity (Wildman–Crippen MR) is 52.0 cm³/mol. The second kappa shape index (κ2) is 7.14. The van der Waals surface area contributed by atoms with Gasteiger partial charge in [-0.2, -0.15) is 0 Å². The fourth-order valence-electron chi connectivity index (χ4n) is 1.16. The van der Waals surface area contributed by atoms with Gasteiger partial charge in [0.25, 0.3) is 0 Å². The third-order valence-electron chi connectivity index (χ3n) is 1.88. The van der Waals surface area contributed by atoms with E-state index in [1.165, 1.54) is 12.8 Å². The van der Waals surface area contributed by atoms with E-state index < -0.39 is 0 Å². The summed E-state index contributed by atoms with van der Waals surface area (Å²) in [6.45, 7) is 6.26. The lowest BCUT2D eigenvalue weighted by atomic mass is 10.1. The summed E-state index contributed by atoms with van der Waals surface area (Å²) in [6, 6.07) is 0.351. The number of unbranched alkanes of at least 4 members (excludes halogenated alkanes) is 1. The summed E-state index contributed by atoms with van der Waals surface area (Å²) in [5.74, 6) is 0.195. The van der Waals surface area contributed by atoms with Crippen LogP contribution in [0.2, 0.25) is 0 Å². The summed E-state index contributed by atoms with van der Waals surface area (Å²) in [7, 11) is 0. The second-order valence-electron chi connectivity index (χ2n) is 3.36. The largest absolute Gasteiger partial charge is 0.354 e. The molecule has 2 nitrogen and oxygen atoms in total. The molecule has 2 heteroatoms. The van der Waals surface area contributed by atoms with E-state index in [1.54, 1.807) is 0 Å². The molecule has 0 aliphatic rings. The first-order valence-electron chi connectivity index (χ1n) is 5.00. The average Bonchev–Trinajstić information content (AvgIpc) is 2.01. The van der Waals surface area contributed by atoms with E-state index in [1.807, 2.05) is 6.92 Å². The average molecular weight is 171 g/mol. The highest BCUT2D eigenvalue weighted by Crippen LogP contribution is 1.99. The fourth-order valence-corrected chi connectivity index (χ4v) is 1.16. The Balaban J connectivity index is 3.40. The Bertz CT molecular complexity index is 123. The first-order chi connectivity index (χ1) is 5.70. The van der Waals surface area contributed by atoms with Gasteiger partial charge < -0.3 is 5.32 Å². The maximum absolute atomic E-state index is 11.1. The number of nitrogens with one attached hydrogen (secondary N) is 1. The zero-order chi connectivity index (χ0) is 9.40. The van der Waals surface area contributed by atoms with Crippen molar-refractivity contribution in [2.45, 2.75) is 58.9 Å². The highest BCUT2D eigenvalue weighted by molar-refractivity contribution is 5.76. The molecule has 0 aromatic heterocycles. The molecule has 0 fully saturated rings. The molecule has 1 N–H and O–H groups in total. The Morgan fingerprint density at radius 1 is 1.33 bits per heavy atom. The molecule has 0 saturated carbocycles. The molecule has 72 valence electrons. The van der Waals surface area contributed by atoms with Gasteiger partial charge in [0.1, 0.15) is 0 Å². The molecule has 1 unspecified atom stereocenters. The molecular formula is C10H21NO. The van der Waals surface area contributed by atoms with Crippen molar-refractivity contribution in [1.82, 2.24) is 5.32 Å². The highest BCUT2D eigenvalue weighted by atomic mass is 16.1. The van der Waals surface area contributed by atoms with Gasteiger partial charge in [-0.25, -0.2) is 0 Å². The van der Waals surface area contributed by atoms with Crippen LogP contribution in [0.4, 0.5) is 0 Å². The Hall–Kier alpha value is -0.530. The summed E-state index contributed by atoms with van der Waals surface area (Å²) in [5.41, 5.74) is 0. The number of carbonyl (C=O) groups is 1. The fraction of sp³-hybridized carbons (Fsp3) is 0.900. The van der Waals surface area contributed by atoms with Gasteiger partial charge in [-0.05, 0) is 19.8 Å². The SMILES string of the molecule is CCCCC(C)NC(=O)CCC. The molecule has 0 rings (SSSR count). The van der Waals surface area contributed by atoms with Gasteiger partial charge in [0, 0.05) is 12.5 Å². The Kier molecular flexibility index (Phi) is 6.82. The Morgan fingerprint density at radius 2 is 2.00 bits per heavy atom. The summed E-state index contributed by atoms with van der Waals surface area (Å²) < 4.78 is 0. The van der Waals surface area contributed by atoms with E-state index in [4.69, 9.17) is 0 Å². The smallest absolute Gasteiger partial charge is 0.220 e. The Morgan fingerprint density at radius 3 is 2.50 bits per heavy atom. The molecular weight excluding hydrogens is 150 g/mol. The third kappa shape index (κ3) is 6.20. The van der Waals surface area contributed by atoms with Gasteiger partial charge in [-0.1, -0.05) is 26.7 Å². The molecule has 1 atom stereocenters. The maximum atomic E-state index is 11.1. The van der Waals surface area contributed by atoms with Crippen LogP contribution in [0.15, 0.2) is 0 Å². The minimum atomic E-state index is 0.195. The number of carbonyl (C=O) groups excluding carboxylic acids is 1. The lowest BCUT2D eigenvalue weighted by Gasteiger charge is -2.12. The summed E-state index contributed by atoms with van der Waals surface area (Å²) in [4.78, 5) is 11.1. The van der Waals surface area contributed by atoms with E-state index >= 15 is 0 Å². The van der Waals surface area contributed by atoms with Gasteiger partial charge in [0.05, 0.1) is 0 Å². The van der Waals surface area contributed by atoms with Crippen LogP contribution in [-0.2, 0) is 4.79 Å². The van der Waals surface area contributed by atoms with Crippen LogP contribution >= 0.6 is 0 Å². The van der Waals surface area contributed by atoms with E-state index in [9.17, 15) is 4.79 Å². The molecule has 0 bridgehead atoms.